The molecule has 0 fully saturated rings. The first-order valence-corrected chi connectivity index (χ1v) is 12.9. The third-order valence-electron chi connectivity index (χ3n) is 6.35. The summed E-state index contributed by atoms with van der Waals surface area (Å²) in [6.45, 7) is 2.22. The van der Waals surface area contributed by atoms with Crippen molar-refractivity contribution < 1.29 is 14.3 Å². The van der Waals surface area contributed by atoms with Gasteiger partial charge < -0.3 is 15.4 Å². The number of aryl methyl sites for hydroxylation is 1. The number of benzene rings is 1. The number of hydrogen-bond acceptors (Lipinski definition) is 6. The van der Waals surface area contributed by atoms with Crippen molar-refractivity contribution in [3.8, 4) is 16.2 Å². The van der Waals surface area contributed by atoms with Crippen molar-refractivity contribution in [2.24, 2.45) is 0 Å². The third kappa shape index (κ3) is 4.43. The standard InChI is InChI=1S/C25H27N3O3S2/c1-31-16-6-4-5-15(11-16)23-19(18-9-10-26-13-22(18)32-23)12-27-25(30)28-24-20(14-29)17-7-2-3-8-21(17)33-24/h4-6,11,14,26H,2-3,7-10,12-13H2,1H3,(H2,27,28,30). The van der Waals surface area contributed by atoms with Crippen LogP contribution in [0.25, 0.3) is 10.4 Å². The normalized spacial score (nSPS) is 14.8. The number of amides is 2. The molecule has 2 amide bonds. The largest absolute Gasteiger partial charge is 0.497 e. The maximum absolute atomic E-state index is 12.8. The summed E-state index contributed by atoms with van der Waals surface area (Å²) in [4.78, 5) is 28.3. The lowest BCUT2D eigenvalue weighted by Gasteiger charge is -2.15. The van der Waals surface area contributed by atoms with E-state index in [9.17, 15) is 9.59 Å². The third-order valence-corrected chi connectivity index (χ3v) is 8.90. The van der Waals surface area contributed by atoms with Gasteiger partial charge in [0.15, 0.2) is 6.29 Å². The number of thiophene rings is 2. The Labute approximate surface area is 201 Å². The van der Waals surface area contributed by atoms with Crippen LogP contribution >= 0.6 is 22.7 Å². The van der Waals surface area contributed by atoms with Crippen LogP contribution in [0.2, 0.25) is 0 Å². The van der Waals surface area contributed by atoms with E-state index in [0.717, 1.165) is 68.4 Å². The van der Waals surface area contributed by atoms with Gasteiger partial charge in [0, 0.05) is 27.7 Å². The van der Waals surface area contributed by atoms with Gasteiger partial charge in [0.05, 0.1) is 12.7 Å². The number of hydrogen-bond donors (Lipinski definition) is 3. The number of fused-ring (bicyclic) bond motifs is 2. The molecule has 3 N–H and O–H groups in total. The average Bonchev–Trinajstić information content (AvgIpc) is 3.40. The molecule has 0 radical (unpaired) electrons. The number of methoxy groups -OCH3 is 1. The highest BCUT2D eigenvalue weighted by molar-refractivity contribution is 7.17. The molecule has 2 aliphatic rings. The first-order valence-electron chi connectivity index (χ1n) is 11.3. The van der Waals surface area contributed by atoms with Gasteiger partial charge in [0.2, 0.25) is 0 Å². The molecule has 1 aliphatic carbocycles. The second-order valence-corrected chi connectivity index (χ2v) is 10.6. The van der Waals surface area contributed by atoms with Crippen LogP contribution in [0.4, 0.5) is 9.80 Å². The lowest BCUT2D eigenvalue weighted by Crippen LogP contribution is -2.29. The van der Waals surface area contributed by atoms with Crippen LogP contribution in [-0.4, -0.2) is 26.0 Å². The van der Waals surface area contributed by atoms with E-state index in [4.69, 9.17) is 4.74 Å². The SMILES string of the molecule is COc1cccc(-c2sc3c(c2CNC(=O)Nc2sc4c(c2C=O)CCCC4)CCNC3)c1. The zero-order chi connectivity index (χ0) is 22.8. The van der Waals surface area contributed by atoms with Crippen LogP contribution in [0.15, 0.2) is 24.3 Å². The van der Waals surface area contributed by atoms with Gasteiger partial charge in [-0.1, -0.05) is 12.1 Å². The Hall–Kier alpha value is -2.68. The molecule has 0 bridgehead atoms. The number of ether oxygens (including phenoxy) is 1. The van der Waals surface area contributed by atoms with Crippen molar-refractivity contribution in [1.29, 1.82) is 0 Å². The predicted octanol–water partition coefficient (Wildman–Crippen LogP) is 5.14. The van der Waals surface area contributed by atoms with E-state index in [1.165, 1.54) is 25.8 Å². The minimum Gasteiger partial charge on any atom is -0.497 e. The van der Waals surface area contributed by atoms with Gasteiger partial charge in [-0.3, -0.25) is 10.1 Å². The average molecular weight is 482 g/mol. The first-order chi connectivity index (χ1) is 16.2. The Morgan fingerprint density at radius 1 is 1.15 bits per heavy atom. The van der Waals surface area contributed by atoms with Gasteiger partial charge in [-0.25, -0.2) is 4.79 Å². The fourth-order valence-corrected chi connectivity index (χ4v) is 7.29. The lowest BCUT2D eigenvalue weighted by atomic mass is 9.96. The molecule has 33 heavy (non-hydrogen) atoms. The summed E-state index contributed by atoms with van der Waals surface area (Å²) >= 11 is 3.32. The van der Waals surface area contributed by atoms with Crippen LogP contribution < -0.4 is 20.7 Å². The quantitative estimate of drug-likeness (QED) is 0.426. The molecule has 3 aromatic rings. The summed E-state index contributed by atoms with van der Waals surface area (Å²) in [5.74, 6) is 0.816. The molecule has 172 valence electrons. The second kappa shape index (κ2) is 9.67. The molecule has 0 saturated carbocycles. The summed E-state index contributed by atoms with van der Waals surface area (Å²) < 4.78 is 5.42. The topological polar surface area (TPSA) is 79.5 Å². The molecule has 2 aromatic heterocycles. The maximum Gasteiger partial charge on any atom is 0.320 e. The number of carbonyl (C=O) groups excluding carboxylic acids is 2. The maximum atomic E-state index is 12.8. The van der Waals surface area contributed by atoms with Gasteiger partial charge >= 0.3 is 6.03 Å². The number of aldehydes is 1. The van der Waals surface area contributed by atoms with Crippen molar-refractivity contribution in [2.75, 3.05) is 19.0 Å². The molecule has 0 unspecified atom stereocenters. The predicted molar refractivity (Wildman–Crippen MR) is 134 cm³/mol. The zero-order valence-corrected chi connectivity index (χ0v) is 20.2. The Kier molecular flexibility index (Phi) is 6.48. The second-order valence-electron chi connectivity index (χ2n) is 8.35. The Morgan fingerprint density at radius 2 is 2.03 bits per heavy atom. The molecule has 8 heteroatoms. The van der Waals surface area contributed by atoms with Crippen molar-refractivity contribution >= 4 is 40.0 Å². The van der Waals surface area contributed by atoms with Crippen molar-refractivity contribution in [1.82, 2.24) is 10.6 Å². The smallest absolute Gasteiger partial charge is 0.320 e. The van der Waals surface area contributed by atoms with E-state index in [0.29, 0.717) is 17.1 Å². The molecule has 5 rings (SSSR count). The van der Waals surface area contributed by atoms with E-state index in [-0.39, 0.29) is 6.03 Å². The summed E-state index contributed by atoms with van der Waals surface area (Å²) in [6.07, 6.45) is 5.98. The summed E-state index contributed by atoms with van der Waals surface area (Å²) in [5.41, 5.74) is 5.37. The minimum absolute atomic E-state index is 0.276. The van der Waals surface area contributed by atoms with Crippen LogP contribution in [0.3, 0.4) is 0 Å². The van der Waals surface area contributed by atoms with Crippen LogP contribution in [0, 0.1) is 0 Å². The molecule has 3 heterocycles. The van der Waals surface area contributed by atoms with Crippen LogP contribution in [0.1, 0.15) is 49.6 Å². The number of urea groups is 1. The first kappa shape index (κ1) is 22.1. The summed E-state index contributed by atoms with van der Waals surface area (Å²) in [6, 6.07) is 7.79. The molecule has 0 atom stereocenters. The number of nitrogens with one attached hydrogen (secondary N) is 3. The number of carbonyl (C=O) groups is 2. The highest BCUT2D eigenvalue weighted by atomic mass is 32.1. The monoisotopic (exact) mass is 481 g/mol. The number of anilines is 1. The summed E-state index contributed by atoms with van der Waals surface area (Å²) in [7, 11) is 1.67. The molecule has 0 saturated heterocycles. The van der Waals surface area contributed by atoms with Crippen molar-refractivity contribution in [2.45, 2.75) is 45.2 Å². The molecule has 0 spiro atoms. The Morgan fingerprint density at radius 3 is 2.88 bits per heavy atom. The zero-order valence-electron chi connectivity index (χ0n) is 18.6. The lowest BCUT2D eigenvalue weighted by molar-refractivity contribution is 0.112. The number of rotatable bonds is 6. The van der Waals surface area contributed by atoms with Crippen molar-refractivity contribution in [3.05, 3.63) is 56.3 Å². The highest BCUT2D eigenvalue weighted by Gasteiger charge is 2.24. The molecule has 1 aliphatic heterocycles. The van der Waals surface area contributed by atoms with Crippen LogP contribution in [0.5, 0.6) is 5.75 Å². The van der Waals surface area contributed by atoms with Gasteiger partial charge in [0.1, 0.15) is 10.8 Å². The Bertz CT molecular complexity index is 1200. The molecular weight excluding hydrogens is 454 g/mol. The fourth-order valence-electron chi connectivity index (χ4n) is 4.71. The Balaban J connectivity index is 1.37. The van der Waals surface area contributed by atoms with E-state index >= 15 is 0 Å². The van der Waals surface area contributed by atoms with Gasteiger partial charge in [0.25, 0.3) is 0 Å². The summed E-state index contributed by atoms with van der Waals surface area (Å²) in [5, 5.41) is 10.1. The van der Waals surface area contributed by atoms with E-state index in [1.54, 1.807) is 29.8 Å². The highest BCUT2D eigenvalue weighted by Crippen LogP contribution is 2.40. The van der Waals surface area contributed by atoms with Gasteiger partial charge in [-0.2, -0.15) is 0 Å². The van der Waals surface area contributed by atoms with Gasteiger partial charge in [-0.15, -0.1) is 22.7 Å². The van der Waals surface area contributed by atoms with Gasteiger partial charge in [-0.05, 0) is 73.0 Å². The van der Waals surface area contributed by atoms with E-state index < -0.39 is 0 Å². The van der Waals surface area contributed by atoms with Crippen LogP contribution in [-0.2, 0) is 32.4 Å². The van der Waals surface area contributed by atoms with E-state index in [2.05, 4.69) is 22.0 Å². The molecule has 1 aromatic carbocycles. The minimum atomic E-state index is -0.276. The van der Waals surface area contributed by atoms with E-state index in [1.807, 2.05) is 18.2 Å². The molecule has 6 nitrogen and oxygen atoms in total. The van der Waals surface area contributed by atoms with Crippen molar-refractivity contribution in [3.63, 3.8) is 0 Å². The fraction of sp³-hybridized carbons (Fsp3) is 0.360. The molecular formula is C25H27N3O3S2.